The van der Waals surface area contributed by atoms with E-state index in [-0.39, 0.29) is 13.2 Å². The first-order valence-corrected chi connectivity index (χ1v) is 9.83. The van der Waals surface area contributed by atoms with Crippen LogP contribution in [-0.4, -0.2) is 36.6 Å². The molecule has 0 radical (unpaired) electrons. The molecule has 0 aliphatic heterocycles. The van der Waals surface area contributed by atoms with Crippen molar-refractivity contribution >= 4 is 23.2 Å². The Bertz CT molecular complexity index is 945. The van der Waals surface area contributed by atoms with Crippen molar-refractivity contribution in [3.8, 4) is 16.3 Å². The maximum atomic E-state index is 12.3. The van der Waals surface area contributed by atoms with Crippen molar-refractivity contribution in [2.24, 2.45) is 0 Å². The summed E-state index contributed by atoms with van der Waals surface area (Å²) in [4.78, 5) is 29.0. The molecule has 2 amide bonds. The zero-order chi connectivity index (χ0) is 20.5. The Balaban J connectivity index is 1.39. The first-order valence-electron chi connectivity index (χ1n) is 9.01. The van der Waals surface area contributed by atoms with Crippen LogP contribution in [0.1, 0.15) is 15.4 Å². The fourth-order valence-electron chi connectivity index (χ4n) is 2.43. The highest BCUT2D eigenvalue weighted by molar-refractivity contribution is 7.17. The van der Waals surface area contributed by atoms with Crippen LogP contribution in [0.25, 0.3) is 10.6 Å². The average molecular weight is 411 g/mol. The number of hydrazine groups is 1. The van der Waals surface area contributed by atoms with Gasteiger partial charge in [-0.3, -0.25) is 20.4 Å². The molecule has 0 unspecified atom stereocenters. The third-order valence-corrected chi connectivity index (χ3v) is 5.02. The van der Waals surface area contributed by atoms with Gasteiger partial charge in [-0.1, -0.05) is 48.5 Å². The summed E-state index contributed by atoms with van der Waals surface area (Å²) in [5, 5.41) is 0.751. The number of hydrogen-bond acceptors (Lipinski definition) is 6. The van der Waals surface area contributed by atoms with Gasteiger partial charge < -0.3 is 9.47 Å². The van der Waals surface area contributed by atoms with Crippen LogP contribution >= 0.6 is 11.3 Å². The summed E-state index contributed by atoms with van der Waals surface area (Å²) in [7, 11) is 0. The lowest BCUT2D eigenvalue weighted by Gasteiger charge is -2.08. The molecule has 29 heavy (non-hydrogen) atoms. The number of nitrogens with zero attached hydrogens (tertiary/aromatic N) is 1. The highest BCUT2D eigenvalue weighted by atomic mass is 32.1. The largest absolute Gasteiger partial charge is 0.491 e. The maximum Gasteiger partial charge on any atom is 0.281 e. The summed E-state index contributed by atoms with van der Waals surface area (Å²) in [5.74, 6) is -0.130. The van der Waals surface area contributed by atoms with E-state index in [9.17, 15) is 9.59 Å². The van der Waals surface area contributed by atoms with E-state index in [1.165, 1.54) is 11.3 Å². The molecule has 0 atom stereocenters. The molecule has 2 aromatic carbocycles. The van der Waals surface area contributed by atoms with Crippen molar-refractivity contribution in [2.75, 3.05) is 19.8 Å². The molecule has 8 heteroatoms. The van der Waals surface area contributed by atoms with Crippen LogP contribution in [0.2, 0.25) is 0 Å². The molecule has 7 nitrogen and oxygen atoms in total. The van der Waals surface area contributed by atoms with Crippen molar-refractivity contribution in [3.05, 3.63) is 71.2 Å². The molecule has 0 aliphatic carbocycles. The molecule has 1 heterocycles. The standard InChI is InChI=1S/C21H21N3O4S/c1-15-19(29-21(22-15)16-8-4-2-5-9-16)20(26)24-23-18(25)14-27-12-13-28-17-10-6-3-7-11-17/h2-11H,12-14H2,1H3,(H,23,25)(H,24,26). The van der Waals surface area contributed by atoms with Gasteiger partial charge in [-0.25, -0.2) is 4.98 Å². The number of carbonyl (C=O) groups is 2. The van der Waals surface area contributed by atoms with Gasteiger partial charge in [-0.15, -0.1) is 11.3 Å². The Labute approximate surface area is 172 Å². The second kappa shape index (κ2) is 10.4. The number of rotatable bonds is 8. The second-order valence-corrected chi connectivity index (χ2v) is 7.02. The first-order chi connectivity index (χ1) is 14.1. The first kappa shape index (κ1) is 20.5. The second-order valence-electron chi connectivity index (χ2n) is 6.02. The molecule has 3 rings (SSSR count). The molecule has 0 saturated heterocycles. The number of nitrogens with one attached hydrogen (secondary N) is 2. The number of thiazole rings is 1. The number of hydrogen-bond donors (Lipinski definition) is 2. The summed E-state index contributed by atoms with van der Waals surface area (Å²) in [6.45, 7) is 2.15. The van der Waals surface area contributed by atoms with E-state index in [1.54, 1.807) is 6.92 Å². The SMILES string of the molecule is Cc1nc(-c2ccccc2)sc1C(=O)NNC(=O)COCCOc1ccccc1. The van der Waals surface area contributed by atoms with Crippen molar-refractivity contribution in [3.63, 3.8) is 0 Å². The highest BCUT2D eigenvalue weighted by Crippen LogP contribution is 2.27. The summed E-state index contributed by atoms with van der Waals surface area (Å²) < 4.78 is 10.7. The molecule has 2 N–H and O–H groups in total. The van der Waals surface area contributed by atoms with Crippen molar-refractivity contribution in [1.29, 1.82) is 0 Å². The molecule has 3 aromatic rings. The molecule has 0 saturated carbocycles. The van der Waals surface area contributed by atoms with Gasteiger partial charge in [0, 0.05) is 5.56 Å². The van der Waals surface area contributed by atoms with Gasteiger partial charge in [0.05, 0.1) is 12.3 Å². The Morgan fingerprint density at radius 3 is 2.38 bits per heavy atom. The van der Waals surface area contributed by atoms with Crippen LogP contribution in [-0.2, 0) is 9.53 Å². The molecule has 0 aliphatic rings. The van der Waals surface area contributed by atoms with Gasteiger partial charge in [0.2, 0.25) is 0 Å². The molecule has 0 fully saturated rings. The van der Waals surface area contributed by atoms with Gasteiger partial charge in [-0.05, 0) is 19.1 Å². The molecule has 150 valence electrons. The molecular formula is C21H21N3O4S. The van der Waals surface area contributed by atoms with E-state index < -0.39 is 11.8 Å². The van der Waals surface area contributed by atoms with Crippen molar-refractivity contribution < 1.29 is 19.1 Å². The van der Waals surface area contributed by atoms with Crippen molar-refractivity contribution in [1.82, 2.24) is 15.8 Å². The molecular weight excluding hydrogens is 390 g/mol. The Morgan fingerprint density at radius 2 is 1.66 bits per heavy atom. The number of aromatic nitrogens is 1. The van der Waals surface area contributed by atoms with Crippen LogP contribution < -0.4 is 15.6 Å². The molecule has 0 bridgehead atoms. The van der Waals surface area contributed by atoms with E-state index >= 15 is 0 Å². The van der Waals surface area contributed by atoms with Crippen LogP contribution in [0, 0.1) is 6.92 Å². The minimum atomic E-state index is -0.455. The van der Waals surface area contributed by atoms with Crippen LogP contribution in [0.15, 0.2) is 60.7 Å². The lowest BCUT2D eigenvalue weighted by atomic mass is 10.2. The normalized spacial score (nSPS) is 10.4. The topological polar surface area (TPSA) is 89.6 Å². The number of benzene rings is 2. The van der Waals surface area contributed by atoms with Gasteiger partial charge in [0.1, 0.15) is 28.8 Å². The minimum absolute atomic E-state index is 0.185. The Morgan fingerprint density at radius 1 is 0.966 bits per heavy atom. The fraction of sp³-hybridized carbons (Fsp3) is 0.190. The lowest BCUT2D eigenvalue weighted by molar-refractivity contribution is -0.126. The highest BCUT2D eigenvalue weighted by Gasteiger charge is 2.16. The lowest BCUT2D eigenvalue weighted by Crippen LogP contribution is -2.43. The molecule has 1 aromatic heterocycles. The van der Waals surface area contributed by atoms with Gasteiger partial charge in [-0.2, -0.15) is 0 Å². The average Bonchev–Trinajstić information content (AvgIpc) is 3.15. The zero-order valence-corrected chi connectivity index (χ0v) is 16.7. The number of carbonyl (C=O) groups excluding carboxylic acids is 2. The maximum absolute atomic E-state index is 12.3. The summed E-state index contributed by atoms with van der Waals surface area (Å²) in [5.41, 5.74) is 6.28. The van der Waals surface area contributed by atoms with Crippen LogP contribution in [0.4, 0.5) is 0 Å². The summed E-state index contributed by atoms with van der Waals surface area (Å²) in [6, 6.07) is 18.9. The van der Waals surface area contributed by atoms with Crippen LogP contribution in [0.5, 0.6) is 5.75 Å². The quantitative estimate of drug-likeness (QED) is 0.439. The Hall–Kier alpha value is -3.23. The van der Waals surface area contributed by atoms with Crippen LogP contribution in [0.3, 0.4) is 0 Å². The third kappa shape index (κ3) is 6.13. The van der Waals surface area contributed by atoms with E-state index in [0.29, 0.717) is 17.2 Å². The minimum Gasteiger partial charge on any atom is -0.491 e. The molecule has 0 spiro atoms. The number of ether oxygens (including phenoxy) is 2. The number of para-hydroxylation sites is 1. The third-order valence-electron chi connectivity index (χ3n) is 3.81. The predicted molar refractivity (Wildman–Crippen MR) is 111 cm³/mol. The van der Waals surface area contributed by atoms with E-state index in [0.717, 1.165) is 16.3 Å². The zero-order valence-electron chi connectivity index (χ0n) is 15.9. The predicted octanol–water partition coefficient (Wildman–Crippen LogP) is 2.98. The van der Waals surface area contributed by atoms with Gasteiger partial charge >= 0.3 is 0 Å². The van der Waals surface area contributed by atoms with E-state index in [1.807, 2.05) is 60.7 Å². The Kier molecular flexibility index (Phi) is 7.32. The summed E-state index contributed by atoms with van der Waals surface area (Å²) in [6.07, 6.45) is 0. The number of aryl methyl sites for hydroxylation is 1. The van der Waals surface area contributed by atoms with Gasteiger partial charge in [0.15, 0.2) is 0 Å². The summed E-state index contributed by atoms with van der Waals surface area (Å²) >= 11 is 1.27. The van der Waals surface area contributed by atoms with Gasteiger partial charge in [0.25, 0.3) is 11.8 Å². The smallest absolute Gasteiger partial charge is 0.281 e. The van der Waals surface area contributed by atoms with E-state index in [2.05, 4.69) is 15.8 Å². The number of amides is 2. The monoisotopic (exact) mass is 411 g/mol. The van der Waals surface area contributed by atoms with Crippen molar-refractivity contribution in [2.45, 2.75) is 6.92 Å². The fourth-order valence-corrected chi connectivity index (χ4v) is 3.40. The van der Waals surface area contributed by atoms with E-state index in [4.69, 9.17) is 9.47 Å².